The molecule has 0 aromatic heterocycles. The van der Waals surface area contributed by atoms with E-state index < -0.39 is 0 Å². The highest BCUT2D eigenvalue weighted by Gasteiger charge is 2.33. The lowest BCUT2D eigenvalue weighted by Crippen LogP contribution is -2.49. The Kier molecular flexibility index (Phi) is 5.05. The highest BCUT2D eigenvalue weighted by atomic mass is 16.5. The molecule has 2 aliphatic heterocycles. The van der Waals surface area contributed by atoms with Crippen molar-refractivity contribution in [3.63, 3.8) is 0 Å². The van der Waals surface area contributed by atoms with Gasteiger partial charge in [0.2, 0.25) is 0 Å². The quantitative estimate of drug-likeness (QED) is 0.763. The first kappa shape index (κ1) is 14.3. The monoisotopic (exact) mass is 254 g/mol. The molecule has 0 bridgehead atoms. The van der Waals surface area contributed by atoms with Gasteiger partial charge in [0.25, 0.3) is 0 Å². The number of hydrogen-bond acceptors (Lipinski definition) is 3. The van der Waals surface area contributed by atoms with Gasteiger partial charge in [0, 0.05) is 26.2 Å². The molecule has 18 heavy (non-hydrogen) atoms. The van der Waals surface area contributed by atoms with Gasteiger partial charge in [0.05, 0.1) is 5.60 Å². The molecule has 3 nitrogen and oxygen atoms in total. The summed E-state index contributed by atoms with van der Waals surface area (Å²) in [6.45, 7) is 10.0. The van der Waals surface area contributed by atoms with E-state index in [-0.39, 0.29) is 5.60 Å². The van der Waals surface area contributed by atoms with Crippen molar-refractivity contribution >= 4 is 0 Å². The predicted octanol–water partition coefficient (Wildman–Crippen LogP) is 2.32. The van der Waals surface area contributed by atoms with Crippen LogP contribution in [0.3, 0.4) is 0 Å². The van der Waals surface area contributed by atoms with Crippen molar-refractivity contribution in [3.8, 4) is 0 Å². The average Bonchev–Trinajstić information content (AvgIpc) is 2.78. The van der Waals surface area contributed by atoms with Crippen LogP contribution in [0.2, 0.25) is 0 Å². The zero-order valence-corrected chi connectivity index (χ0v) is 12.2. The van der Waals surface area contributed by atoms with Crippen LogP contribution in [0, 0.1) is 5.41 Å². The maximum absolute atomic E-state index is 5.84. The minimum Gasteiger partial charge on any atom is -0.374 e. The van der Waals surface area contributed by atoms with Gasteiger partial charge in [0.15, 0.2) is 0 Å². The van der Waals surface area contributed by atoms with Gasteiger partial charge >= 0.3 is 0 Å². The summed E-state index contributed by atoms with van der Waals surface area (Å²) in [5.74, 6) is 0. The van der Waals surface area contributed by atoms with E-state index in [0.29, 0.717) is 5.41 Å². The Morgan fingerprint density at radius 3 is 2.72 bits per heavy atom. The third-order valence-corrected chi connectivity index (χ3v) is 4.64. The van der Waals surface area contributed by atoms with E-state index in [0.717, 1.165) is 19.7 Å². The van der Waals surface area contributed by atoms with Gasteiger partial charge in [0.1, 0.15) is 0 Å². The molecule has 106 valence electrons. The van der Waals surface area contributed by atoms with Crippen molar-refractivity contribution in [3.05, 3.63) is 0 Å². The summed E-state index contributed by atoms with van der Waals surface area (Å²) in [5, 5.41) is 7.28. The summed E-state index contributed by atoms with van der Waals surface area (Å²) >= 11 is 0. The van der Waals surface area contributed by atoms with E-state index in [2.05, 4.69) is 24.5 Å². The number of hydrogen-bond donors (Lipinski definition) is 2. The smallest absolute Gasteiger partial charge is 0.0779 e. The SMILES string of the molecule is CCCC1(CNCC2(C)CCCO2)CCCNC1. The third-order valence-electron chi connectivity index (χ3n) is 4.64. The lowest BCUT2D eigenvalue weighted by molar-refractivity contribution is 0.0176. The summed E-state index contributed by atoms with van der Waals surface area (Å²) in [5.41, 5.74) is 0.581. The van der Waals surface area contributed by atoms with Gasteiger partial charge in [-0.15, -0.1) is 0 Å². The Morgan fingerprint density at radius 1 is 1.22 bits per heavy atom. The number of ether oxygens (including phenoxy) is 1. The van der Waals surface area contributed by atoms with Crippen LogP contribution in [0.5, 0.6) is 0 Å². The summed E-state index contributed by atoms with van der Waals surface area (Å²) in [6, 6.07) is 0. The molecule has 0 aromatic rings. The Hall–Kier alpha value is -0.120. The minimum absolute atomic E-state index is 0.0928. The van der Waals surface area contributed by atoms with Crippen LogP contribution < -0.4 is 10.6 Å². The van der Waals surface area contributed by atoms with Crippen LogP contribution in [0.15, 0.2) is 0 Å². The average molecular weight is 254 g/mol. The van der Waals surface area contributed by atoms with Crippen LogP contribution in [0.4, 0.5) is 0 Å². The standard InChI is InChI=1S/C15H30N2O/c1-3-6-15(8-4-9-16-12-15)13-17-11-14(2)7-5-10-18-14/h16-17H,3-13H2,1-2H3. The lowest BCUT2D eigenvalue weighted by Gasteiger charge is -2.39. The lowest BCUT2D eigenvalue weighted by atomic mass is 9.77. The summed E-state index contributed by atoms with van der Waals surface area (Å²) in [7, 11) is 0. The number of piperidine rings is 1. The molecule has 2 N–H and O–H groups in total. The Morgan fingerprint density at radius 2 is 2.11 bits per heavy atom. The van der Waals surface area contributed by atoms with Crippen molar-refractivity contribution in [1.82, 2.24) is 10.6 Å². The molecule has 2 aliphatic rings. The van der Waals surface area contributed by atoms with E-state index >= 15 is 0 Å². The van der Waals surface area contributed by atoms with E-state index in [4.69, 9.17) is 4.74 Å². The van der Waals surface area contributed by atoms with Gasteiger partial charge in [-0.3, -0.25) is 0 Å². The highest BCUT2D eigenvalue weighted by molar-refractivity contribution is 4.89. The van der Waals surface area contributed by atoms with Gasteiger partial charge in [-0.1, -0.05) is 13.3 Å². The molecule has 2 rings (SSSR count). The molecule has 2 fully saturated rings. The van der Waals surface area contributed by atoms with Crippen molar-refractivity contribution in [1.29, 1.82) is 0 Å². The molecular formula is C15H30N2O. The fraction of sp³-hybridized carbons (Fsp3) is 1.00. The van der Waals surface area contributed by atoms with Crippen molar-refractivity contribution in [2.24, 2.45) is 5.41 Å². The largest absolute Gasteiger partial charge is 0.374 e. The molecule has 3 heteroatoms. The zero-order chi connectivity index (χ0) is 12.9. The van der Waals surface area contributed by atoms with Gasteiger partial charge in [-0.05, 0) is 51.0 Å². The second-order valence-electron chi connectivity index (χ2n) is 6.54. The van der Waals surface area contributed by atoms with Crippen molar-refractivity contribution in [2.45, 2.75) is 58.0 Å². The van der Waals surface area contributed by atoms with Gasteiger partial charge in [-0.2, -0.15) is 0 Å². The van der Waals surface area contributed by atoms with Crippen LogP contribution in [0.1, 0.15) is 52.4 Å². The van der Waals surface area contributed by atoms with Crippen molar-refractivity contribution in [2.75, 3.05) is 32.8 Å². The van der Waals surface area contributed by atoms with E-state index in [1.54, 1.807) is 0 Å². The highest BCUT2D eigenvalue weighted by Crippen LogP contribution is 2.31. The maximum Gasteiger partial charge on any atom is 0.0779 e. The normalized spacial score (nSPS) is 37.0. The number of nitrogens with one attached hydrogen (secondary N) is 2. The molecule has 0 aromatic carbocycles. The summed E-state index contributed by atoms with van der Waals surface area (Å²) < 4.78 is 5.84. The van der Waals surface area contributed by atoms with Crippen LogP contribution in [-0.4, -0.2) is 38.4 Å². The second-order valence-corrected chi connectivity index (χ2v) is 6.54. The molecule has 0 radical (unpaired) electrons. The number of rotatable bonds is 6. The molecule has 0 spiro atoms. The van der Waals surface area contributed by atoms with E-state index in [1.165, 1.54) is 51.6 Å². The minimum atomic E-state index is 0.0928. The van der Waals surface area contributed by atoms with Gasteiger partial charge < -0.3 is 15.4 Å². The molecular weight excluding hydrogens is 224 g/mol. The molecule has 0 amide bonds. The van der Waals surface area contributed by atoms with Crippen molar-refractivity contribution < 1.29 is 4.74 Å². The van der Waals surface area contributed by atoms with E-state index in [9.17, 15) is 0 Å². The maximum atomic E-state index is 5.84. The summed E-state index contributed by atoms with van der Waals surface area (Å²) in [4.78, 5) is 0. The molecule has 2 atom stereocenters. The summed E-state index contributed by atoms with van der Waals surface area (Å²) in [6.07, 6.45) is 7.76. The first-order valence-corrected chi connectivity index (χ1v) is 7.74. The second kappa shape index (κ2) is 6.36. The van der Waals surface area contributed by atoms with Crippen LogP contribution in [-0.2, 0) is 4.74 Å². The van der Waals surface area contributed by atoms with Crippen LogP contribution >= 0.6 is 0 Å². The fourth-order valence-electron chi connectivity index (χ4n) is 3.58. The predicted molar refractivity (Wildman–Crippen MR) is 75.9 cm³/mol. The molecule has 2 unspecified atom stereocenters. The topological polar surface area (TPSA) is 33.3 Å². The molecule has 0 saturated carbocycles. The Bertz CT molecular complexity index is 237. The molecule has 0 aliphatic carbocycles. The Balaban J connectivity index is 1.78. The zero-order valence-electron chi connectivity index (χ0n) is 12.2. The first-order valence-electron chi connectivity index (χ1n) is 7.74. The third kappa shape index (κ3) is 3.69. The fourth-order valence-corrected chi connectivity index (χ4v) is 3.58. The van der Waals surface area contributed by atoms with E-state index in [1.807, 2.05) is 0 Å². The van der Waals surface area contributed by atoms with Gasteiger partial charge in [-0.25, -0.2) is 0 Å². The molecule has 2 heterocycles. The Labute approximate surface area is 112 Å². The van der Waals surface area contributed by atoms with Crippen LogP contribution in [0.25, 0.3) is 0 Å². The molecule has 2 saturated heterocycles. The first-order chi connectivity index (χ1) is 8.68.